The molecule has 1 aliphatic rings. The second-order valence-corrected chi connectivity index (χ2v) is 8.78. The Balaban J connectivity index is 1.29. The smallest absolute Gasteiger partial charge is 0.412 e. The number of nitrogens with one attached hydrogen (secondary N) is 3. The van der Waals surface area contributed by atoms with Crippen molar-refractivity contribution in [3.63, 3.8) is 0 Å². The minimum Gasteiger partial charge on any atom is -0.456 e. The molecule has 0 unspecified atom stereocenters. The average Bonchev–Trinajstić information content (AvgIpc) is 3.57. The number of carbonyl (C=O) groups is 1. The van der Waals surface area contributed by atoms with Crippen LogP contribution in [0.3, 0.4) is 0 Å². The van der Waals surface area contributed by atoms with Crippen LogP contribution in [-0.2, 0) is 6.54 Å². The third-order valence-corrected chi connectivity index (χ3v) is 6.09. The number of benzene rings is 1. The summed E-state index contributed by atoms with van der Waals surface area (Å²) in [5.74, 6) is 0.575. The molecule has 9 nitrogen and oxygen atoms in total. The van der Waals surface area contributed by atoms with Crippen LogP contribution in [0.1, 0.15) is 23.3 Å². The Morgan fingerprint density at radius 3 is 2.84 bits per heavy atom. The molecule has 0 fully saturated rings. The first-order valence-electron chi connectivity index (χ1n) is 11.6. The van der Waals surface area contributed by atoms with Gasteiger partial charge in [-0.1, -0.05) is 11.6 Å². The zero-order valence-corrected chi connectivity index (χ0v) is 20.5. The van der Waals surface area contributed by atoms with Crippen molar-refractivity contribution in [3.05, 3.63) is 83.3 Å². The molecule has 1 aromatic carbocycles. The number of H-pyrrole nitrogens is 1. The van der Waals surface area contributed by atoms with Gasteiger partial charge < -0.3 is 19.9 Å². The minimum atomic E-state index is -4.40. The maximum atomic E-state index is 13.1. The standard InChI is InChI=1S/C25H21ClF3N7O2/c26-18-13-16(4-5-21(18)38-17-3-1-2-15(12-17)25(27,28)29)34-23-22-19(31-14-32-23)7-10-36(22)11-9-30-24(37)20-6-8-33-35-20/h3-8,10,12-14H,1-2,9,11H2,(H,30,37)(H,33,35)(H,31,32,34). The van der Waals surface area contributed by atoms with E-state index in [0.717, 1.165) is 11.6 Å². The highest BCUT2D eigenvalue weighted by Gasteiger charge is 2.34. The number of carbonyl (C=O) groups excluding carboxylic acids is 1. The van der Waals surface area contributed by atoms with E-state index in [0.29, 0.717) is 35.8 Å². The van der Waals surface area contributed by atoms with Gasteiger partial charge in [-0.2, -0.15) is 18.3 Å². The zero-order chi connectivity index (χ0) is 26.7. The summed E-state index contributed by atoms with van der Waals surface area (Å²) in [5.41, 5.74) is 1.74. The van der Waals surface area contributed by atoms with Crippen molar-refractivity contribution in [2.45, 2.75) is 25.6 Å². The molecule has 38 heavy (non-hydrogen) atoms. The third-order valence-electron chi connectivity index (χ3n) is 5.80. The maximum absolute atomic E-state index is 13.1. The number of nitrogens with zero attached hydrogens (tertiary/aromatic N) is 4. The molecule has 3 N–H and O–H groups in total. The van der Waals surface area contributed by atoms with Crippen LogP contribution >= 0.6 is 11.6 Å². The summed E-state index contributed by atoms with van der Waals surface area (Å²) in [5, 5.41) is 12.6. The Kier molecular flexibility index (Phi) is 7.05. The summed E-state index contributed by atoms with van der Waals surface area (Å²) in [6, 6.07) is 8.28. The lowest BCUT2D eigenvalue weighted by molar-refractivity contribution is -0.0943. The van der Waals surface area contributed by atoms with Gasteiger partial charge in [0, 0.05) is 36.7 Å². The number of ether oxygens (including phenoxy) is 1. The number of hydrogen-bond acceptors (Lipinski definition) is 6. The monoisotopic (exact) mass is 543 g/mol. The molecular formula is C25H21ClF3N7O2. The Morgan fingerprint density at radius 2 is 2.08 bits per heavy atom. The second-order valence-electron chi connectivity index (χ2n) is 8.38. The number of alkyl halides is 3. The molecule has 1 amide bonds. The second kappa shape index (κ2) is 10.6. The molecule has 0 aliphatic heterocycles. The van der Waals surface area contributed by atoms with Crippen molar-refractivity contribution in [2.75, 3.05) is 11.9 Å². The van der Waals surface area contributed by atoms with Gasteiger partial charge in [-0.05, 0) is 55.3 Å². The molecule has 0 saturated carbocycles. The molecule has 5 rings (SSSR count). The Bertz CT molecular complexity index is 1530. The van der Waals surface area contributed by atoms with Crippen LogP contribution in [0.4, 0.5) is 24.7 Å². The van der Waals surface area contributed by atoms with Crippen molar-refractivity contribution >= 4 is 40.0 Å². The molecule has 0 spiro atoms. The molecule has 0 atom stereocenters. The number of rotatable bonds is 8. The molecule has 1 aliphatic carbocycles. The Hall–Kier alpha value is -4.32. The molecule has 0 bridgehead atoms. The van der Waals surface area contributed by atoms with Gasteiger partial charge in [0.2, 0.25) is 0 Å². The van der Waals surface area contributed by atoms with E-state index >= 15 is 0 Å². The van der Waals surface area contributed by atoms with Gasteiger partial charge in [-0.15, -0.1) is 0 Å². The first-order valence-corrected chi connectivity index (χ1v) is 12.0. The van der Waals surface area contributed by atoms with Crippen LogP contribution in [0.2, 0.25) is 5.02 Å². The SMILES string of the molecule is O=C(NCCn1ccc2ncnc(Nc3ccc(OC4=CCCC(C(F)(F)F)=C4)c(Cl)c3)c21)c1ccn[nH]1. The molecule has 0 radical (unpaired) electrons. The van der Waals surface area contributed by atoms with Crippen molar-refractivity contribution in [2.24, 2.45) is 0 Å². The van der Waals surface area contributed by atoms with Gasteiger partial charge in [0.25, 0.3) is 5.91 Å². The lowest BCUT2D eigenvalue weighted by Gasteiger charge is -2.17. The Labute approximate surface area is 219 Å². The van der Waals surface area contributed by atoms with E-state index in [9.17, 15) is 18.0 Å². The molecule has 3 aromatic heterocycles. The van der Waals surface area contributed by atoms with Crippen LogP contribution in [0.25, 0.3) is 11.0 Å². The van der Waals surface area contributed by atoms with E-state index < -0.39 is 11.7 Å². The molecule has 196 valence electrons. The highest BCUT2D eigenvalue weighted by atomic mass is 35.5. The summed E-state index contributed by atoms with van der Waals surface area (Å²) < 4.78 is 46.7. The van der Waals surface area contributed by atoms with E-state index in [1.54, 1.807) is 30.3 Å². The van der Waals surface area contributed by atoms with Crippen molar-refractivity contribution in [1.29, 1.82) is 0 Å². The van der Waals surface area contributed by atoms with Crippen LogP contribution in [0, 0.1) is 0 Å². The number of anilines is 2. The lowest BCUT2D eigenvalue weighted by atomic mass is 10.0. The fraction of sp³-hybridized carbons (Fsp3) is 0.200. The summed E-state index contributed by atoms with van der Waals surface area (Å²) in [4.78, 5) is 20.8. The highest BCUT2D eigenvalue weighted by Crippen LogP contribution is 2.36. The van der Waals surface area contributed by atoms with E-state index in [-0.39, 0.29) is 35.3 Å². The van der Waals surface area contributed by atoms with Crippen molar-refractivity contribution < 1.29 is 22.7 Å². The van der Waals surface area contributed by atoms with Gasteiger partial charge in [0.15, 0.2) is 5.82 Å². The molecule has 3 heterocycles. The summed E-state index contributed by atoms with van der Waals surface area (Å²) in [6.07, 6.45) is 3.11. The van der Waals surface area contributed by atoms with Gasteiger partial charge in [0.05, 0.1) is 10.5 Å². The van der Waals surface area contributed by atoms with Gasteiger partial charge >= 0.3 is 6.18 Å². The minimum absolute atomic E-state index is 0.0846. The summed E-state index contributed by atoms with van der Waals surface area (Å²) >= 11 is 6.39. The molecular weight excluding hydrogens is 523 g/mol. The lowest BCUT2D eigenvalue weighted by Crippen LogP contribution is -2.27. The highest BCUT2D eigenvalue weighted by molar-refractivity contribution is 6.32. The van der Waals surface area contributed by atoms with E-state index in [1.165, 1.54) is 12.5 Å². The van der Waals surface area contributed by atoms with E-state index in [4.69, 9.17) is 16.3 Å². The number of amides is 1. The molecule has 4 aromatic rings. The first-order chi connectivity index (χ1) is 18.3. The topological polar surface area (TPSA) is 110 Å². The fourth-order valence-corrected chi connectivity index (χ4v) is 4.19. The molecule has 0 saturated heterocycles. The number of aromatic nitrogens is 5. The molecule has 13 heteroatoms. The van der Waals surface area contributed by atoms with Gasteiger partial charge in [-0.3, -0.25) is 9.89 Å². The predicted octanol–water partition coefficient (Wildman–Crippen LogP) is 5.53. The Morgan fingerprint density at radius 1 is 1.21 bits per heavy atom. The summed E-state index contributed by atoms with van der Waals surface area (Å²) in [7, 11) is 0. The van der Waals surface area contributed by atoms with E-state index in [2.05, 4.69) is 30.8 Å². The van der Waals surface area contributed by atoms with Crippen LogP contribution in [0.15, 0.2) is 72.5 Å². The maximum Gasteiger partial charge on any atom is 0.412 e. The number of hydrogen-bond donors (Lipinski definition) is 3. The normalized spacial score (nSPS) is 13.7. The third kappa shape index (κ3) is 5.65. The van der Waals surface area contributed by atoms with Crippen LogP contribution in [0.5, 0.6) is 5.75 Å². The predicted molar refractivity (Wildman–Crippen MR) is 135 cm³/mol. The van der Waals surface area contributed by atoms with Gasteiger partial charge in [-0.25, -0.2) is 9.97 Å². The summed E-state index contributed by atoms with van der Waals surface area (Å²) in [6.45, 7) is 0.815. The number of allylic oxidation sites excluding steroid dienone is 3. The first kappa shape index (κ1) is 25.3. The fourth-order valence-electron chi connectivity index (χ4n) is 3.97. The largest absolute Gasteiger partial charge is 0.456 e. The van der Waals surface area contributed by atoms with Crippen molar-refractivity contribution in [3.8, 4) is 5.75 Å². The van der Waals surface area contributed by atoms with Crippen molar-refractivity contribution in [1.82, 2.24) is 30.0 Å². The quantitative estimate of drug-likeness (QED) is 0.270. The van der Waals surface area contributed by atoms with Crippen LogP contribution in [-0.4, -0.2) is 43.4 Å². The number of aromatic amines is 1. The van der Waals surface area contributed by atoms with E-state index in [1.807, 2.05) is 16.8 Å². The average molecular weight is 544 g/mol. The van der Waals surface area contributed by atoms with Gasteiger partial charge in [0.1, 0.15) is 29.0 Å². The number of fused-ring (bicyclic) bond motifs is 1. The zero-order valence-electron chi connectivity index (χ0n) is 19.7. The number of halogens is 4. The van der Waals surface area contributed by atoms with Crippen LogP contribution < -0.4 is 15.4 Å².